The highest BCUT2D eigenvalue weighted by Crippen LogP contribution is 2.16. The van der Waals surface area contributed by atoms with Crippen molar-refractivity contribution in [2.45, 2.75) is 20.3 Å². The van der Waals surface area contributed by atoms with Crippen molar-refractivity contribution < 1.29 is 4.79 Å². The lowest BCUT2D eigenvalue weighted by atomic mass is 10.2. The number of hydrogen-bond acceptors (Lipinski definition) is 4. The van der Waals surface area contributed by atoms with E-state index in [1.165, 1.54) is 0 Å². The highest BCUT2D eigenvalue weighted by atomic mass is 16.1. The predicted octanol–water partition coefficient (Wildman–Crippen LogP) is 1.50. The second-order valence-electron chi connectivity index (χ2n) is 5.17. The van der Waals surface area contributed by atoms with E-state index in [2.05, 4.69) is 20.8 Å². The molecule has 0 unspecified atom stereocenters. The number of nitrogens with zero attached hydrogens (tertiary/aromatic N) is 1. The van der Waals surface area contributed by atoms with Gasteiger partial charge in [0.25, 0.3) is 5.56 Å². The summed E-state index contributed by atoms with van der Waals surface area (Å²) in [5, 5.41) is 14.0. The molecule has 1 heterocycles. The molecule has 0 aliphatic heterocycles. The summed E-state index contributed by atoms with van der Waals surface area (Å²) in [5.74, 6) is 0.714. The summed E-state index contributed by atoms with van der Waals surface area (Å²) in [4.78, 5) is 23.1. The molecule has 2 aromatic rings. The van der Waals surface area contributed by atoms with E-state index in [0.717, 1.165) is 11.8 Å². The summed E-state index contributed by atoms with van der Waals surface area (Å²) in [6, 6.07) is 7.32. The van der Waals surface area contributed by atoms with E-state index in [1.54, 1.807) is 6.07 Å². The molecule has 21 heavy (non-hydrogen) atoms. The Morgan fingerprint density at radius 2 is 1.95 bits per heavy atom. The first-order valence-electron chi connectivity index (χ1n) is 7.08. The second-order valence-corrected chi connectivity index (χ2v) is 5.17. The Balaban J connectivity index is 1.91. The molecular formula is C15H20N4O2. The molecule has 3 N–H and O–H groups in total. The first-order chi connectivity index (χ1) is 10.1. The number of aromatic nitrogens is 2. The summed E-state index contributed by atoms with van der Waals surface area (Å²) in [5.41, 5.74) is -0.194. The SMILES string of the molecule is CC(C)C(=O)NCCCNc1n[nH]c(=O)c2ccccc12. The fraction of sp³-hybridized carbons (Fsp3) is 0.400. The van der Waals surface area contributed by atoms with Crippen LogP contribution in [0.1, 0.15) is 20.3 Å². The molecule has 0 bridgehead atoms. The van der Waals surface area contributed by atoms with E-state index in [-0.39, 0.29) is 17.4 Å². The minimum absolute atomic E-state index is 0.00256. The number of amides is 1. The summed E-state index contributed by atoms with van der Waals surface area (Å²) in [6.07, 6.45) is 0.785. The average molecular weight is 288 g/mol. The van der Waals surface area contributed by atoms with Gasteiger partial charge in [-0.3, -0.25) is 9.59 Å². The van der Waals surface area contributed by atoms with Crippen LogP contribution < -0.4 is 16.2 Å². The summed E-state index contributed by atoms with van der Waals surface area (Å²) in [7, 11) is 0. The van der Waals surface area contributed by atoms with E-state index >= 15 is 0 Å². The Morgan fingerprint density at radius 3 is 2.67 bits per heavy atom. The van der Waals surface area contributed by atoms with Crippen molar-refractivity contribution in [3.63, 3.8) is 0 Å². The number of carbonyl (C=O) groups is 1. The van der Waals surface area contributed by atoms with Gasteiger partial charge in [0.1, 0.15) is 0 Å². The lowest BCUT2D eigenvalue weighted by Gasteiger charge is -2.09. The molecule has 0 saturated carbocycles. The lowest BCUT2D eigenvalue weighted by molar-refractivity contribution is -0.123. The molecule has 0 radical (unpaired) electrons. The fourth-order valence-corrected chi connectivity index (χ4v) is 1.96. The minimum Gasteiger partial charge on any atom is -0.368 e. The monoisotopic (exact) mass is 288 g/mol. The van der Waals surface area contributed by atoms with Gasteiger partial charge in [0, 0.05) is 24.4 Å². The molecule has 112 valence electrons. The van der Waals surface area contributed by atoms with Crippen molar-refractivity contribution in [3.8, 4) is 0 Å². The van der Waals surface area contributed by atoms with Gasteiger partial charge in [-0.05, 0) is 12.5 Å². The van der Waals surface area contributed by atoms with Crippen LogP contribution in [0.4, 0.5) is 5.82 Å². The number of carbonyl (C=O) groups excluding carboxylic acids is 1. The number of fused-ring (bicyclic) bond motifs is 1. The van der Waals surface area contributed by atoms with Crippen LogP contribution in [0, 0.1) is 5.92 Å². The van der Waals surface area contributed by atoms with Crippen LogP contribution in [0.3, 0.4) is 0 Å². The smallest absolute Gasteiger partial charge is 0.272 e. The number of nitrogens with one attached hydrogen (secondary N) is 3. The van der Waals surface area contributed by atoms with E-state index < -0.39 is 0 Å². The molecular weight excluding hydrogens is 268 g/mol. The Hall–Kier alpha value is -2.37. The normalized spacial score (nSPS) is 10.8. The van der Waals surface area contributed by atoms with Gasteiger partial charge in [0.05, 0.1) is 5.39 Å². The third kappa shape index (κ3) is 3.81. The molecule has 1 aromatic carbocycles. The van der Waals surface area contributed by atoms with Crippen molar-refractivity contribution in [2.24, 2.45) is 5.92 Å². The van der Waals surface area contributed by atoms with Crippen molar-refractivity contribution in [3.05, 3.63) is 34.6 Å². The van der Waals surface area contributed by atoms with Gasteiger partial charge in [-0.15, -0.1) is 0 Å². The Morgan fingerprint density at radius 1 is 1.24 bits per heavy atom. The summed E-state index contributed by atoms with van der Waals surface area (Å²) >= 11 is 0. The molecule has 0 aliphatic rings. The molecule has 6 nitrogen and oxygen atoms in total. The van der Waals surface area contributed by atoms with Crippen LogP contribution in [0.15, 0.2) is 29.1 Å². The minimum atomic E-state index is -0.194. The number of benzene rings is 1. The van der Waals surface area contributed by atoms with Gasteiger partial charge in [-0.1, -0.05) is 32.0 Å². The zero-order chi connectivity index (χ0) is 15.2. The molecule has 0 saturated heterocycles. The van der Waals surface area contributed by atoms with Gasteiger partial charge < -0.3 is 10.6 Å². The molecule has 0 aliphatic carbocycles. The largest absolute Gasteiger partial charge is 0.368 e. The molecule has 1 amide bonds. The Labute approximate surface area is 122 Å². The van der Waals surface area contributed by atoms with Crippen molar-refractivity contribution in [2.75, 3.05) is 18.4 Å². The standard InChI is InChI=1S/C15H20N4O2/c1-10(2)14(20)17-9-5-8-16-13-11-6-3-4-7-12(11)15(21)19-18-13/h3-4,6-7,10H,5,8-9H2,1-2H3,(H,16,18)(H,17,20)(H,19,21). The van der Waals surface area contributed by atoms with Crippen LogP contribution in [0.5, 0.6) is 0 Å². The van der Waals surface area contributed by atoms with Gasteiger partial charge in [-0.2, -0.15) is 5.10 Å². The van der Waals surface area contributed by atoms with Gasteiger partial charge in [-0.25, -0.2) is 5.10 Å². The molecule has 0 fully saturated rings. The maximum atomic E-state index is 11.7. The van der Waals surface area contributed by atoms with Crippen LogP contribution >= 0.6 is 0 Å². The molecule has 0 atom stereocenters. The predicted molar refractivity (Wildman–Crippen MR) is 83.3 cm³/mol. The van der Waals surface area contributed by atoms with Crippen molar-refractivity contribution in [1.82, 2.24) is 15.5 Å². The maximum Gasteiger partial charge on any atom is 0.272 e. The summed E-state index contributed by atoms with van der Waals surface area (Å²) in [6.45, 7) is 5.01. The number of rotatable bonds is 6. The molecule has 6 heteroatoms. The number of H-pyrrole nitrogens is 1. The lowest BCUT2D eigenvalue weighted by Crippen LogP contribution is -2.29. The van der Waals surface area contributed by atoms with Crippen LogP contribution in [-0.4, -0.2) is 29.2 Å². The molecule has 2 rings (SSSR count). The fourth-order valence-electron chi connectivity index (χ4n) is 1.96. The molecule has 0 spiro atoms. The Bertz CT molecular complexity index is 679. The number of aromatic amines is 1. The average Bonchev–Trinajstić information content (AvgIpc) is 2.49. The van der Waals surface area contributed by atoms with Gasteiger partial charge in [0.15, 0.2) is 5.82 Å². The van der Waals surface area contributed by atoms with Crippen LogP contribution in [-0.2, 0) is 4.79 Å². The third-order valence-electron chi connectivity index (χ3n) is 3.17. The first kappa shape index (κ1) is 15.0. The van der Waals surface area contributed by atoms with E-state index in [0.29, 0.717) is 24.3 Å². The van der Waals surface area contributed by atoms with Gasteiger partial charge >= 0.3 is 0 Å². The Kier molecular flexibility index (Phi) is 4.92. The van der Waals surface area contributed by atoms with Crippen LogP contribution in [0.25, 0.3) is 10.8 Å². The quantitative estimate of drug-likeness (QED) is 0.703. The maximum absolute atomic E-state index is 11.7. The second kappa shape index (κ2) is 6.88. The topological polar surface area (TPSA) is 86.9 Å². The first-order valence-corrected chi connectivity index (χ1v) is 7.08. The molecule has 1 aromatic heterocycles. The highest BCUT2D eigenvalue weighted by molar-refractivity contribution is 5.90. The zero-order valence-electron chi connectivity index (χ0n) is 12.3. The third-order valence-corrected chi connectivity index (χ3v) is 3.17. The van der Waals surface area contributed by atoms with Crippen LogP contribution in [0.2, 0.25) is 0 Å². The zero-order valence-corrected chi connectivity index (χ0v) is 12.3. The summed E-state index contributed by atoms with van der Waals surface area (Å²) < 4.78 is 0. The van der Waals surface area contributed by atoms with Gasteiger partial charge in [0.2, 0.25) is 5.91 Å². The van der Waals surface area contributed by atoms with Crippen molar-refractivity contribution >= 4 is 22.5 Å². The van der Waals surface area contributed by atoms with E-state index in [4.69, 9.17) is 0 Å². The highest BCUT2D eigenvalue weighted by Gasteiger charge is 2.06. The van der Waals surface area contributed by atoms with E-state index in [9.17, 15) is 9.59 Å². The van der Waals surface area contributed by atoms with E-state index in [1.807, 2.05) is 32.0 Å². The van der Waals surface area contributed by atoms with Crippen molar-refractivity contribution in [1.29, 1.82) is 0 Å². The number of anilines is 1. The number of hydrogen-bond donors (Lipinski definition) is 3.